The topological polar surface area (TPSA) is 65.6 Å². The van der Waals surface area contributed by atoms with Crippen LogP contribution in [0.25, 0.3) is 5.52 Å². The van der Waals surface area contributed by atoms with E-state index >= 15 is 0 Å². The molecule has 0 N–H and O–H groups in total. The van der Waals surface area contributed by atoms with Crippen molar-refractivity contribution in [2.24, 2.45) is 0 Å². The predicted molar refractivity (Wildman–Crippen MR) is 83.7 cm³/mol. The number of benzene rings is 1. The molecular weight excluding hydrogens is 350 g/mol. The van der Waals surface area contributed by atoms with Crippen LogP contribution in [0.2, 0.25) is 0 Å². The lowest BCUT2D eigenvalue weighted by atomic mass is 10.1. The molecule has 0 fully saturated rings. The maximum Gasteiger partial charge on any atom is 0.333 e. The highest BCUT2D eigenvalue weighted by atomic mass is 79.9. The van der Waals surface area contributed by atoms with Gasteiger partial charge in [0.05, 0.1) is 7.11 Å². The molecule has 22 heavy (non-hydrogen) atoms. The third-order valence-corrected chi connectivity index (χ3v) is 3.77. The Morgan fingerprint density at radius 3 is 2.73 bits per heavy atom. The van der Waals surface area contributed by atoms with Gasteiger partial charge in [-0.25, -0.2) is 9.31 Å². The number of halogens is 1. The van der Waals surface area contributed by atoms with Crippen LogP contribution in [0, 0.1) is 0 Å². The first-order valence-corrected chi connectivity index (χ1v) is 7.29. The van der Waals surface area contributed by atoms with Crippen molar-refractivity contribution in [3.05, 3.63) is 69.3 Å². The second kappa shape index (κ2) is 5.76. The number of ether oxygens (including phenoxy) is 1. The Morgan fingerprint density at radius 2 is 2.05 bits per heavy atom. The molecule has 6 nitrogen and oxygen atoms in total. The Morgan fingerprint density at radius 1 is 1.32 bits per heavy atom. The van der Waals surface area contributed by atoms with Crippen LogP contribution in [0.15, 0.2) is 58.2 Å². The molecule has 1 atom stereocenters. The van der Waals surface area contributed by atoms with Gasteiger partial charge in [0.1, 0.15) is 11.8 Å². The molecule has 0 radical (unpaired) electrons. The summed E-state index contributed by atoms with van der Waals surface area (Å²) in [5.41, 5.74) is 0.715. The lowest BCUT2D eigenvalue weighted by molar-refractivity contribution is -0.143. The van der Waals surface area contributed by atoms with Crippen molar-refractivity contribution in [2.75, 3.05) is 7.11 Å². The highest BCUT2D eigenvalue weighted by Crippen LogP contribution is 2.19. The van der Waals surface area contributed by atoms with Crippen molar-refractivity contribution in [1.82, 2.24) is 14.2 Å². The summed E-state index contributed by atoms with van der Waals surface area (Å²) in [7, 11) is 1.29. The Balaban J connectivity index is 2.22. The highest BCUT2D eigenvalue weighted by molar-refractivity contribution is 9.10. The number of hydrogen-bond acceptors (Lipinski definition) is 4. The average molecular weight is 362 g/mol. The van der Waals surface area contributed by atoms with Gasteiger partial charge >= 0.3 is 5.97 Å². The van der Waals surface area contributed by atoms with Crippen molar-refractivity contribution in [2.45, 2.75) is 6.04 Å². The summed E-state index contributed by atoms with van der Waals surface area (Å²) in [5.74, 6) is -0.523. The summed E-state index contributed by atoms with van der Waals surface area (Å²) < 4.78 is 8.33. The number of nitrogens with zero attached hydrogens (tertiary/aromatic N) is 3. The Hall–Kier alpha value is -2.41. The summed E-state index contributed by atoms with van der Waals surface area (Å²) in [5, 5.41) is 4.17. The van der Waals surface area contributed by atoms with Gasteiger partial charge in [-0.15, -0.1) is 0 Å². The van der Waals surface area contributed by atoms with Crippen LogP contribution in [-0.2, 0) is 9.53 Å². The summed E-state index contributed by atoms with van der Waals surface area (Å²) in [6.45, 7) is 0. The van der Waals surface area contributed by atoms with Gasteiger partial charge in [0.25, 0.3) is 5.56 Å². The molecule has 7 heteroatoms. The van der Waals surface area contributed by atoms with Crippen LogP contribution >= 0.6 is 15.9 Å². The van der Waals surface area contributed by atoms with E-state index in [0.29, 0.717) is 11.1 Å². The summed E-state index contributed by atoms with van der Waals surface area (Å²) in [6, 6.07) is 9.77. The van der Waals surface area contributed by atoms with Crippen LogP contribution in [-0.4, -0.2) is 27.3 Å². The molecule has 0 aliphatic carbocycles. The van der Waals surface area contributed by atoms with Crippen molar-refractivity contribution >= 4 is 27.4 Å². The maximum absolute atomic E-state index is 12.7. The highest BCUT2D eigenvalue weighted by Gasteiger charge is 2.25. The summed E-state index contributed by atoms with van der Waals surface area (Å²) >= 11 is 3.31. The van der Waals surface area contributed by atoms with Crippen LogP contribution in [0.1, 0.15) is 11.6 Å². The number of carbonyl (C=O) groups excluding carboxylic acids is 1. The smallest absolute Gasteiger partial charge is 0.333 e. The zero-order valence-corrected chi connectivity index (χ0v) is 13.2. The van der Waals surface area contributed by atoms with Gasteiger partial charge in [-0.05, 0) is 27.6 Å². The van der Waals surface area contributed by atoms with E-state index in [-0.39, 0.29) is 5.56 Å². The third kappa shape index (κ3) is 2.43. The lowest BCUT2D eigenvalue weighted by Crippen LogP contribution is -2.32. The molecule has 0 bridgehead atoms. The fraction of sp³-hybridized carbons (Fsp3) is 0.133. The van der Waals surface area contributed by atoms with E-state index < -0.39 is 12.0 Å². The van der Waals surface area contributed by atoms with Crippen LogP contribution < -0.4 is 5.56 Å². The van der Waals surface area contributed by atoms with E-state index in [9.17, 15) is 9.59 Å². The van der Waals surface area contributed by atoms with Crippen molar-refractivity contribution < 1.29 is 9.53 Å². The molecule has 3 rings (SSSR count). The van der Waals surface area contributed by atoms with Gasteiger partial charge in [-0.1, -0.05) is 30.3 Å². The third-order valence-electron chi connectivity index (χ3n) is 3.34. The molecule has 2 aromatic heterocycles. The molecule has 112 valence electrons. The summed E-state index contributed by atoms with van der Waals surface area (Å²) in [4.78, 5) is 24.8. The second-order valence-corrected chi connectivity index (χ2v) is 5.58. The first kappa shape index (κ1) is 14.5. The van der Waals surface area contributed by atoms with Crippen LogP contribution in [0.5, 0.6) is 0 Å². The largest absolute Gasteiger partial charge is 0.467 e. The molecule has 0 aliphatic rings. The molecule has 1 aromatic carbocycles. The van der Waals surface area contributed by atoms with Crippen LogP contribution in [0.4, 0.5) is 0 Å². The number of esters is 1. The minimum absolute atomic E-state index is 0.319. The van der Waals surface area contributed by atoms with Gasteiger partial charge in [0.15, 0.2) is 6.04 Å². The van der Waals surface area contributed by atoms with Gasteiger partial charge in [-0.2, -0.15) is 5.10 Å². The number of carbonyl (C=O) groups is 1. The van der Waals surface area contributed by atoms with Crippen molar-refractivity contribution in [3.63, 3.8) is 0 Å². The first-order chi connectivity index (χ1) is 10.6. The standard InChI is InChI=1S/C15H12BrN3O3/c1-22-15(21)13(10-5-3-2-4-6-10)18-9-17-19-8-11(16)7-12(19)14(18)20/h2-9,13H,1H3. The number of rotatable bonds is 3. The minimum Gasteiger partial charge on any atom is -0.467 e. The molecule has 0 aliphatic heterocycles. The van der Waals surface area contributed by atoms with E-state index in [1.807, 2.05) is 6.07 Å². The second-order valence-electron chi connectivity index (χ2n) is 4.67. The SMILES string of the molecule is COC(=O)C(c1ccccc1)n1cnn2cc(Br)cc2c1=O. The molecule has 0 saturated carbocycles. The Bertz CT molecular complexity index is 886. The average Bonchev–Trinajstić information content (AvgIpc) is 2.92. The number of fused-ring (bicyclic) bond motifs is 1. The molecular formula is C15H12BrN3O3. The van der Waals surface area contributed by atoms with Gasteiger partial charge in [-0.3, -0.25) is 9.36 Å². The van der Waals surface area contributed by atoms with Crippen LogP contribution in [0.3, 0.4) is 0 Å². The fourth-order valence-corrected chi connectivity index (χ4v) is 2.72. The number of hydrogen-bond donors (Lipinski definition) is 0. The zero-order valence-electron chi connectivity index (χ0n) is 11.6. The Labute approximate surface area is 134 Å². The normalized spacial score (nSPS) is 12.3. The van der Waals surface area contributed by atoms with E-state index in [0.717, 1.165) is 4.47 Å². The van der Waals surface area contributed by atoms with E-state index in [4.69, 9.17) is 4.74 Å². The quantitative estimate of drug-likeness (QED) is 0.669. The van der Waals surface area contributed by atoms with Gasteiger partial charge < -0.3 is 4.74 Å². The maximum atomic E-state index is 12.7. The van der Waals surface area contributed by atoms with E-state index in [1.165, 1.54) is 22.5 Å². The predicted octanol–water partition coefficient (Wildman–Crippen LogP) is 2.02. The monoisotopic (exact) mass is 361 g/mol. The molecule has 0 spiro atoms. The van der Waals surface area contributed by atoms with Crippen molar-refractivity contribution in [1.29, 1.82) is 0 Å². The van der Waals surface area contributed by atoms with Crippen molar-refractivity contribution in [3.8, 4) is 0 Å². The molecule has 2 heterocycles. The van der Waals surface area contributed by atoms with E-state index in [2.05, 4.69) is 21.0 Å². The van der Waals surface area contributed by atoms with E-state index in [1.54, 1.807) is 36.5 Å². The zero-order chi connectivity index (χ0) is 15.7. The Kier molecular flexibility index (Phi) is 3.81. The number of methoxy groups -OCH3 is 1. The molecule has 1 unspecified atom stereocenters. The van der Waals surface area contributed by atoms with Gasteiger partial charge in [0, 0.05) is 10.7 Å². The molecule has 3 aromatic rings. The first-order valence-electron chi connectivity index (χ1n) is 6.49. The summed E-state index contributed by atoms with van der Waals surface area (Å²) in [6.07, 6.45) is 3.02. The molecule has 0 amide bonds. The fourth-order valence-electron chi connectivity index (χ4n) is 2.31. The molecule has 0 saturated heterocycles. The number of aromatic nitrogens is 3. The minimum atomic E-state index is -0.870. The van der Waals surface area contributed by atoms with Gasteiger partial charge in [0.2, 0.25) is 0 Å². The lowest BCUT2D eigenvalue weighted by Gasteiger charge is -2.17.